The fourth-order valence-electron chi connectivity index (χ4n) is 0.709. The summed E-state index contributed by atoms with van der Waals surface area (Å²) in [5, 5.41) is 12.2. The Morgan fingerprint density at radius 2 is 2.30 bits per heavy atom. The third-order valence-electron chi connectivity index (χ3n) is 1.12. The van der Waals surface area contributed by atoms with Gasteiger partial charge in [-0.2, -0.15) is 0 Å². The quantitative estimate of drug-likeness (QED) is 0.379. The fourth-order valence-corrected chi connectivity index (χ4v) is 0.709. The van der Waals surface area contributed by atoms with Crippen LogP contribution in [0.2, 0.25) is 0 Å². The van der Waals surface area contributed by atoms with Gasteiger partial charge in [-0.3, -0.25) is 5.32 Å². The minimum atomic E-state index is -0.909. The minimum Gasteiger partial charge on any atom is -0.373 e. The second-order valence-electron chi connectivity index (χ2n) is 2.36. The Kier molecular flexibility index (Phi) is 4.27. The molecule has 0 amide bonds. The number of hydrogen-bond acceptors (Lipinski definition) is 3. The van der Waals surface area contributed by atoms with Crippen molar-refractivity contribution in [1.29, 1.82) is 0 Å². The van der Waals surface area contributed by atoms with E-state index in [1.54, 1.807) is 19.1 Å². The molecule has 3 nitrogen and oxygen atoms in total. The molecule has 0 aromatic carbocycles. The van der Waals surface area contributed by atoms with Crippen molar-refractivity contribution >= 4 is 0 Å². The van der Waals surface area contributed by atoms with Gasteiger partial charge in [0.25, 0.3) is 0 Å². The smallest absolute Gasteiger partial charge is 0.132 e. The molecule has 0 aliphatic carbocycles. The number of allylic oxidation sites excluding steroid dienone is 1. The van der Waals surface area contributed by atoms with Crippen LogP contribution >= 0.6 is 0 Å². The van der Waals surface area contributed by atoms with Crippen molar-refractivity contribution in [1.82, 2.24) is 5.32 Å². The molecule has 1 atom stereocenters. The highest BCUT2D eigenvalue weighted by molar-refractivity contribution is 4.94. The highest BCUT2D eigenvalue weighted by atomic mass is 16.3. The molecule has 60 valence electrons. The highest BCUT2D eigenvalue weighted by Gasteiger charge is 2.12. The number of nitrogens with one attached hydrogen (secondary N) is 1. The lowest BCUT2D eigenvalue weighted by atomic mass is 10.2. The van der Waals surface area contributed by atoms with Crippen molar-refractivity contribution in [3.63, 3.8) is 0 Å². The van der Waals surface area contributed by atoms with E-state index in [-0.39, 0.29) is 0 Å². The molecule has 0 spiro atoms. The van der Waals surface area contributed by atoms with Gasteiger partial charge in [0.2, 0.25) is 0 Å². The molecule has 0 rings (SSSR count). The first-order valence-corrected chi connectivity index (χ1v) is 3.43. The summed E-state index contributed by atoms with van der Waals surface area (Å²) in [6, 6.07) is 0. The monoisotopic (exact) mass is 144 g/mol. The van der Waals surface area contributed by atoms with Gasteiger partial charge < -0.3 is 10.8 Å². The maximum absolute atomic E-state index is 9.39. The molecule has 4 N–H and O–H groups in total. The van der Waals surface area contributed by atoms with Gasteiger partial charge in [0.1, 0.15) is 5.72 Å². The summed E-state index contributed by atoms with van der Waals surface area (Å²) in [7, 11) is 0. The van der Waals surface area contributed by atoms with E-state index in [1.807, 2.05) is 6.92 Å². The van der Waals surface area contributed by atoms with Gasteiger partial charge in [-0.25, -0.2) is 0 Å². The maximum atomic E-state index is 9.39. The Morgan fingerprint density at radius 1 is 1.70 bits per heavy atom. The van der Waals surface area contributed by atoms with Crippen LogP contribution in [-0.2, 0) is 0 Å². The average molecular weight is 144 g/mol. The lowest BCUT2D eigenvalue weighted by molar-refractivity contribution is 0.0753. The van der Waals surface area contributed by atoms with Crippen LogP contribution < -0.4 is 11.1 Å². The van der Waals surface area contributed by atoms with Crippen LogP contribution in [0.4, 0.5) is 0 Å². The van der Waals surface area contributed by atoms with Gasteiger partial charge in [-0.05, 0) is 19.9 Å². The molecule has 3 heteroatoms. The maximum Gasteiger partial charge on any atom is 0.132 e. The molecule has 0 aliphatic rings. The topological polar surface area (TPSA) is 58.3 Å². The summed E-state index contributed by atoms with van der Waals surface area (Å²) in [5.41, 5.74) is 4.33. The van der Waals surface area contributed by atoms with E-state index >= 15 is 0 Å². The largest absolute Gasteiger partial charge is 0.373 e. The van der Waals surface area contributed by atoms with Gasteiger partial charge in [0.15, 0.2) is 0 Å². The molecule has 0 aromatic rings. The van der Waals surface area contributed by atoms with Crippen LogP contribution in [0.25, 0.3) is 0 Å². The number of rotatable bonds is 4. The Morgan fingerprint density at radius 3 is 2.70 bits per heavy atom. The minimum absolute atomic E-state index is 0.535. The molecule has 1 unspecified atom stereocenters. The first kappa shape index (κ1) is 9.62. The van der Waals surface area contributed by atoms with Crippen LogP contribution in [0, 0.1) is 0 Å². The lowest BCUT2D eigenvalue weighted by Gasteiger charge is -2.19. The van der Waals surface area contributed by atoms with Crippen molar-refractivity contribution in [2.45, 2.75) is 19.6 Å². The van der Waals surface area contributed by atoms with Crippen molar-refractivity contribution in [3.05, 3.63) is 12.2 Å². The van der Waals surface area contributed by atoms with Crippen LogP contribution in [-0.4, -0.2) is 23.9 Å². The van der Waals surface area contributed by atoms with Crippen LogP contribution in [0.15, 0.2) is 12.2 Å². The third kappa shape index (κ3) is 4.49. The molecular weight excluding hydrogens is 128 g/mol. The highest BCUT2D eigenvalue weighted by Crippen LogP contribution is 1.98. The number of nitrogens with two attached hydrogens (primary N) is 1. The zero-order valence-electron chi connectivity index (χ0n) is 6.59. The molecule has 0 radical (unpaired) electrons. The predicted molar refractivity (Wildman–Crippen MR) is 42.5 cm³/mol. The van der Waals surface area contributed by atoms with Gasteiger partial charge in [-0.1, -0.05) is 6.08 Å². The Balaban J connectivity index is 3.63. The Hall–Kier alpha value is -0.380. The summed E-state index contributed by atoms with van der Waals surface area (Å²) in [4.78, 5) is 0. The van der Waals surface area contributed by atoms with E-state index in [2.05, 4.69) is 5.32 Å². The van der Waals surface area contributed by atoms with E-state index in [0.29, 0.717) is 13.1 Å². The lowest BCUT2D eigenvalue weighted by Crippen LogP contribution is -2.42. The van der Waals surface area contributed by atoms with Gasteiger partial charge >= 0.3 is 0 Å². The SMILES string of the molecule is CC=CC(C)(O)NCCN. The Labute approximate surface area is 61.9 Å². The van der Waals surface area contributed by atoms with E-state index in [1.165, 1.54) is 0 Å². The molecule has 0 heterocycles. The van der Waals surface area contributed by atoms with Crippen molar-refractivity contribution in [2.75, 3.05) is 13.1 Å². The molecular formula is C7H16N2O. The molecule has 0 bridgehead atoms. The standard InChI is InChI=1S/C7H16N2O/c1-3-4-7(2,10)9-6-5-8/h3-4,9-10H,5-6,8H2,1-2H3. The molecule has 0 saturated carbocycles. The van der Waals surface area contributed by atoms with E-state index < -0.39 is 5.72 Å². The van der Waals surface area contributed by atoms with Crippen molar-refractivity contribution < 1.29 is 5.11 Å². The van der Waals surface area contributed by atoms with Gasteiger partial charge in [0, 0.05) is 13.1 Å². The first-order chi connectivity index (χ1) is 4.62. The number of aliphatic hydroxyl groups is 1. The second kappa shape index (κ2) is 4.44. The zero-order chi connectivity index (χ0) is 8.04. The summed E-state index contributed by atoms with van der Waals surface area (Å²) >= 11 is 0. The summed E-state index contributed by atoms with van der Waals surface area (Å²) in [5.74, 6) is 0. The molecule has 0 fully saturated rings. The molecule has 0 aliphatic heterocycles. The summed E-state index contributed by atoms with van der Waals surface area (Å²) in [6.07, 6.45) is 3.48. The zero-order valence-corrected chi connectivity index (χ0v) is 6.59. The summed E-state index contributed by atoms with van der Waals surface area (Å²) < 4.78 is 0. The van der Waals surface area contributed by atoms with Gasteiger partial charge in [0.05, 0.1) is 0 Å². The van der Waals surface area contributed by atoms with Crippen LogP contribution in [0.1, 0.15) is 13.8 Å². The first-order valence-electron chi connectivity index (χ1n) is 3.43. The van der Waals surface area contributed by atoms with Crippen molar-refractivity contribution in [3.8, 4) is 0 Å². The molecule has 10 heavy (non-hydrogen) atoms. The molecule has 0 aromatic heterocycles. The summed E-state index contributed by atoms with van der Waals surface area (Å²) in [6.45, 7) is 4.70. The van der Waals surface area contributed by atoms with Crippen LogP contribution in [0.5, 0.6) is 0 Å². The third-order valence-corrected chi connectivity index (χ3v) is 1.12. The predicted octanol–water partition coefficient (Wildman–Crippen LogP) is -0.181. The Bertz CT molecular complexity index is 110. The van der Waals surface area contributed by atoms with Crippen LogP contribution in [0.3, 0.4) is 0 Å². The molecule has 0 saturated heterocycles. The van der Waals surface area contributed by atoms with Crippen molar-refractivity contribution in [2.24, 2.45) is 5.73 Å². The fraction of sp³-hybridized carbons (Fsp3) is 0.714. The van der Waals surface area contributed by atoms with E-state index in [4.69, 9.17) is 5.73 Å². The normalized spacial score (nSPS) is 17.6. The van der Waals surface area contributed by atoms with Gasteiger partial charge in [-0.15, -0.1) is 0 Å². The van der Waals surface area contributed by atoms with E-state index in [0.717, 1.165) is 0 Å². The average Bonchev–Trinajstić information content (AvgIpc) is 1.84. The second-order valence-corrected chi connectivity index (χ2v) is 2.36. The number of hydrogen-bond donors (Lipinski definition) is 3. The van der Waals surface area contributed by atoms with E-state index in [9.17, 15) is 5.11 Å².